The number of amides is 1. The second kappa shape index (κ2) is 7.59. The average Bonchev–Trinajstić information content (AvgIpc) is 2.57. The lowest BCUT2D eigenvalue weighted by molar-refractivity contribution is -0.384. The van der Waals surface area contributed by atoms with E-state index in [-0.39, 0.29) is 11.6 Å². The zero-order chi connectivity index (χ0) is 17.7. The van der Waals surface area contributed by atoms with Crippen molar-refractivity contribution in [1.29, 1.82) is 0 Å². The second-order valence-corrected chi connectivity index (χ2v) is 5.50. The van der Waals surface area contributed by atoms with E-state index in [9.17, 15) is 14.9 Å². The number of ether oxygens (including phenoxy) is 1. The van der Waals surface area contributed by atoms with E-state index >= 15 is 0 Å². The monoisotopic (exact) mass is 328 g/mol. The first-order valence-corrected chi connectivity index (χ1v) is 7.72. The lowest BCUT2D eigenvalue weighted by atomic mass is 10.1. The molecule has 6 heteroatoms. The maximum absolute atomic E-state index is 12.2. The molecule has 0 heterocycles. The van der Waals surface area contributed by atoms with Gasteiger partial charge in [-0.3, -0.25) is 14.9 Å². The van der Waals surface area contributed by atoms with Crippen LogP contribution >= 0.6 is 0 Å². The van der Waals surface area contributed by atoms with Crippen molar-refractivity contribution in [2.24, 2.45) is 0 Å². The smallest absolute Gasteiger partial charge is 0.269 e. The van der Waals surface area contributed by atoms with E-state index in [2.05, 4.69) is 12.2 Å². The van der Waals surface area contributed by atoms with Gasteiger partial charge < -0.3 is 10.1 Å². The highest BCUT2D eigenvalue weighted by Crippen LogP contribution is 2.22. The lowest BCUT2D eigenvalue weighted by Crippen LogP contribution is -2.30. The third-order valence-corrected chi connectivity index (χ3v) is 3.69. The van der Waals surface area contributed by atoms with Crippen molar-refractivity contribution in [2.75, 3.05) is 5.32 Å². The topological polar surface area (TPSA) is 81.5 Å². The van der Waals surface area contributed by atoms with Crippen LogP contribution in [0.5, 0.6) is 5.75 Å². The zero-order valence-electron chi connectivity index (χ0n) is 13.9. The van der Waals surface area contributed by atoms with Gasteiger partial charge in [-0.2, -0.15) is 0 Å². The Morgan fingerprint density at radius 3 is 2.46 bits per heavy atom. The zero-order valence-corrected chi connectivity index (χ0v) is 13.9. The Morgan fingerprint density at radius 2 is 1.92 bits per heavy atom. The van der Waals surface area contributed by atoms with Gasteiger partial charge >= 0.3 is 0 Å². The highest BCUT2D eigenvalue weighted by molar-refractivity contribution is 5.94. The summed E-state index contributed by atoms with van der Waals surface area (Å²) in [7, 11) is 0. The summed E-state index contributed by atoms with van der Waals surface area (Å²) in [4.78, 5) is 22.5. The molecule has 126 valence electrons. The number of hydrogen-bond acceptors (Lipinski definition) is 4. The Labute approximate surface area is 140 Å². The summed E-state index contributed by atoms with van der Waals surface area (Å²) in [6.45, 7) is 5.43. The number of carbonyl (C=O) groups is 1. The molecule has 2 aromatic rings. The van der Waals surface area contributed by atoms with Crippen LogP contribution in [-0.4, -0.2) is 16.9 Å². The molecule has 1 amide bonds. The molecule has 0 saturated heterocycles. The van der Waals surface area contributed by atoms with E-state index in [0.29, 0.717) is 17.0 Å². The summed E-state index contributed by atoms with van der Waals surface area (Å²) in [5.74, 6) is 0.307. The van der Waals surface area contributed by atoms with Crippen LogP contribution in [0.3, 0.4) is 0 Å². The van der Waals surface area contributed by atoms with Gasteiger partial charge in [0, 0.05) is 17.8 Å². The van der Waals surface area contributed by atoms with Crippen molar-refractivity contribution in [3.05, 3.63) is 63.7 Å². The molecule has 1 N–H and O–H groups in total. The van der Waals surface area contributed by atoms with Gasteiger partial charge in [0.15, 0.2) is 6.10 Å². The lowest BCUT2D eigenvalue weighted by Gasteiger charge is -2.16. The minimum atomic E-state index is -0.688. The Bertz CT molecular complexity index is 741. The number of nitrogens with zero attached hydrogens (tertiary/aromatic N) is 1. The van der Waals surface area contributed by atoms with E-state index in [1.807, 2.05) is 24.3 Å². The molecule has 6 nitrogen and oxygen atoms in total. The molecule has 0 radical (unpaired) electrons. The maximum Gasteiger partial charge on any atom is 0.269 e. The molecule has 0 bridgehead atoms. The summed E-state index contributed by atoms with van der Waals surface area (Å²) in [5.41, 5.74) is 2.34. The summed E-state index contributed by atoms with van der Waals surface area (Å²) in [6, 6.07) is 11.9. The van der Waals surface area contributed by atoms with Crippen LogP contribution in [0, 0.1) is 17.0 Å². The number of nitrogens with one attached hydrogen (secondary N) is 1. The molecule has 2 rings (SSSR count). The standard InChI is InChI=1S/C18H20N2O4/c1-4-14-5-8-16(9-6-14)24-13(3)18(21)19-17-10-7-15(20(22)23)11-12(17)2/h5-11,13H,4H2,1-3H3,(H,19,21)/t13-/m0/s1. The molecule has 1 atom stereocenters. The quantitative estimate of drug-likeness (QED) is 0.644. The fraction of sp³-hybridized carbons (Fsp3) is 0.278. The molecule has 24 heavy (non-hydrogen) atoms. The molecule has 0 aliphatic heterocycles. The minimum Gasteiger partial charge on any atom is -0.481 e. The molecule has 0 fully saturated rings. The number of hydrogen-bond donors (Lipinski definition) is 1. The highest BCUT2D eigenvalue weighted by atomic mass is 16.6. The molecule has 0 aliphatic rings. The molecule has 2 aromatic carbocycles. The van der Waals surface area contributed by atoms with Gasteiger partial charge in [-0.25, -0.2) is 0 Å². The van der Waals surface area contributed by atoms with Crippen LogP contribution in [0.4, 0.5) is 11.4 Å². The van der Waals surface area contributed by atoms with Crippen LogP contribution in [-0.2, 0) is 11.2 Å². The third-order valence-electron chi connectivity index (χ3n) is 3.69. The highest BCUT2D eigenvalue weighted by Gasteiger charge is 2.17. The Morgan fingerprint density at radius 1 is 1.25 bits per heavy atom. The predicted molar refractivity (Wildman–Crippen MR) is 92.4 cm³/mol. The first kappa shape index (κ1) is 17.5. The molecule has 0 aromatic heterocycles. The largest absolute Gasteiger partial charge is 0.481 e. The van der Waals surface area contributed by atoms with Crippen molar-refractivity contribution >= 4 is 17.3 Å². The number of rotatable bonds is 6. The Hall–Kier alpha value is -2.89. The summed E-state index contributed by atoms with van der Waals surface area (Å²) in [6.07, 6.45) is 0.252. The second-order valence-electron chi connectivity index (χ2n) is 5.50. The fourth-order valence-electron chi connectivity index (χ4n) is 2.20. The van der Waals surface area contributed by atoms with Crippen LogP contribution in [0.1, 0.15) is 25.0 Å². The van der Waals surface area contributed by atoms with Crippen molar-refractivity contribution in [3.8, 4) is 5.75 Å². The third kappa shape index (κ3) is 4.32. The van der Waals surface area contributed by atoms with Gasteiger partial charge in [-0.05, 0) is 49.6 Å². The molecule has 0 spiro atoms. The number of non-ortho nitro benzene ring substituents is 1. The summed E-state index contributed by atoms with van der Waals surface area (Å²) >= 11 is 0. The molecular formula is C18H20N2O4. The number of anilines is 1. The number of aryl methyl sites for hydroxylation is 2. The van der Waals surface area contributed by atoms with E-state index in [0.717, 1.165) is 6.42 Å². The van der Waals surface area contributed by atoms with Crippen LogP contribution in [0.2, 0.25) is 0 Å². The first-order valence-electron chi connectivity index (χ1n) is 7.72. The molecule has 0 aliphatic carbocycles. The van der Waals surface area contributed by atoms with Gasteiger partial charge in [0.2, 0.25) is 0 Å². The summed E-state index contributed by atoms with van der Waals surface area (Å²) < 4.78 is 5.63. The van der Waals surface area contributed by atoms with Crippen LogP contribution in [0.25, 0.3) is 0 Å². The maximum atomic E-state index is 12.2. The first-order chi connectivity index (χ1) is 11.4. The molecule has 0 unspecified atom stereocenters. The Balaban J connectivity index is 2.01. The number of nitro benzene ring substituents is 1. The number of nitro groups is 1. The van der Waals surface area contributed by atoms with Crippen molar-refractivity contribution in [3.63, 3.8) is 0 Å². The van der Waals surface area contributed by atoms with E-state index < -0.39 is 11.0 Å². The van der Waals surface area contributed by atoms with Gasteiger partial charge in [0.25, 0.3) is 11.6 Å². The van der Waals surface area contributed by atoms with Gasteiger partial charge in [-0.15, -0.1) is 0 Å². The summed E-state index contributed by atoms with van der Waals surface area (Å²) in [5, 5.41) is 13.5. The molecule has 0 saturated carbocycles. The Kier molecular flexibility index (Phi) is 5.52. The van der Waals surface area contributed by atoms with E-state index in [1.165, 1.54) is 23.8 Å². The van der Waals surface area contributed by atoms with E-state index in [4.69, 9.17) is 4.74 Å². The predicted octanol–water partition coefficient (Wildman–Crippen LogP) is 3.87. The van der Waals surface area contributed by atoms with Crippen molar-refractivity contribution < 1.29 is 14.5 Å². The number of carbonyl (C=O) groups excluding carboxylic acids is 1. The molecular weight excluding hydrogens is 308 g/mol. The van der Waals surface area contributed by atoms with Gasteiger partial charge in [0.1, 0.15) is 5.75 Å². The van der Waals surface area contributed by atoms with Crippen molar-refractivity contribution in [1.82, 2.24) is 0 Å². The average molecular weight is 328 g/mol. The van der Waals surface area contributed by atoms with E-state index in [1.54, 1.807) is 13.8 Å². The fourth-order valence-corrected chi connectivity index (χ4v) is 2.20. The number of benzene rings is 2. The SMILES string of the molecule is CCc1ccc(O[C@@H](C)C(=O)Nc2ccc([N+](=O)[O-])cc2C)cc1. The minimum absolute atomic E-state index is 0.00851. The normalized spacial score (nSPS) is 11.6. The van der Waals surface area contributed by atoms with Crippen molar-refractivity contribution in [2.45, 2.75) is 33.3 Å². The van der Waals surface area contributed by atoms with Gasteiger partial charge in [-0.1, -0.05) is 19.1 Å². The van der Waals surface area contributed by atoms with Gasteiger partial charge in [0.05, 0.1) is 4.92 Å². The van der Waals surface area contributed by atoms with Crippen LogP contribution in [0.15, 0.2) is 42.5 Å². The van der Waals surface area contributed by atoms with Crippen LogP contribution < -0.4 is 10.1 Å².